The van der Waals surface area contributed by atoms with Gasteiger partial charge in [-0.3, -0.25) is 9.59 Å². The van der Waals surface area contributed by atoms with E-state index in [0.717, 1.165) is 25.9 Å². The Morgan fingerprint density at radius 2 is 1.94 bits per heavy atom. The fraction of sp³-hybridized carbons (Fsp3) is 0.833. The maximum atomic E-state index is 11.3. The molecule has 0 saturated carbocycles. The molecule has 1 unspecified atom stereocenters. The smallest absolute Gasteiger partial charge is 0.305 e. The number of carboxylic acid groups (broad SMARTS) is 1. The third-order valence-corrected chi connectivity index (χ3v) is 3.52. The Morgan fingerprint density at radius 1 is 1.35 bits per heavy atom. The van der Waals surface area contributed by atoms with Crippen molar-refractivity contribution >= 4 is 11.9 Å². The summed E-state index contributed by atoms with van der Waals surface area (Å²) in [5.41, 5.74) is 0. The second-order valence-electron chi connectivity index (χ2n) is 4.78. The van der Waals surface area contributed by atoms with Gasteiger partial charge in [0.2, 0.25) is 0 Å². The molecule has 1 saturated heterocycles. The molecule has 1 aliphatic rings. The number of methoxy groups -OCH3 is 1. The van der Waals surface area contributed by atoms with Crippen molar-refractivity contribution in [3.8, 4) is 0 Å². The Labute approximate surface area is 102 Å². The van der Waals surface area contributed by atoms with Gasteiger partial charge in [0.25, 0.3) is 0 Å². The SMILES string of the molecule is COC(=O)CC(CC(=O)O)C1CCN(C)CC1. The van der Waals surface area contributed by atoms with Gasteiger partial charge in [-0.1, -0.05) is 0 Å². The Morgan fingerprint density at radius 3 is 2.41 bits per heavy atom. The average molecular weight is 243 g/mol. The van der Waals surface area contributed by atoms with Crippen LogP contribution in [0, 0.1) is 11.8 Å². The zero-order valence-corrected chi connectivity index (χ0v) is 10.5. The van der Waals surface area contributed by atoms with E-state index in [1.54, 1.807) is 0 Å². The molecular weight excluding hydrogens is 222 g/mol. The highest BCUT2D eigenvalue weighted by Gasteiger charge is 2.29. The highest BCUT2D eigenvalue weighted by Crippen LogP contribution is 2.29. The summed E-state index contributed by atoms with van der Waals surface area (Å²) in [5.74, 6) is -0.914. The molecule has 0 aromatic carbocycles. The molecule has 1 rings (SSSR count). The van der Waals surface area contributed by atoms with Crippen LogP contribution >= 0.6 is 0 Å². The van der Waals surface area contributed by atoms with E-state index in [0.29, 0.717) is 5.92 Å². The lowest BCUT2D eigenvalue weighted by molar-refractivity contribution is -0.144. The molecule has 17 heavy (non-hydrogen) atoms. The monoisotopic (exact) mass is 243 g/mol. The number of carbonyl (C=O) groups is 2. The van der Waals surface area contributed by atoms with Crippen molar-refractivity contribution < 1.29 is 19.4 Å². The molecule has 0 bridgehead atoms. The second-order valence-corrected chi connectivity index (χ2v) is 4.78. The molecule has 1 N–H and O–H groups in total. The van der Waals surface area contributed by atoms with Gasteiger partial charge < -0.3 is 14.7 Å². The first-order valence-corrected chi connectivity index (χ1v) is 6.00. The van der Waals surface area contributed by atoms with Crippen LogP contribution in [0.4, 0.5) is 0 Å². The van der Waals surface area contributed by atoms with E-state index < -0.39 is 5.97 Å². The number of carbonyl (C=O) groups excluding carboxylic acids is 1. The van der Waals surface area contributed by atoms with Crippen LogP contribution in [-0.4, -0.2) is 49.2 Å². The van der Waals surface area contributed by atoms with Gasteiger partial charge in [0.1, 0.15) is 0 Å². The maximum Gasteiger partial charge on any atom is 0.305 e. The summed E-state index contributed by atoms with van der Waals surface area (Å²) in [7, 11) is 3.40. The first kappa shape index (κ1) is 14.0. The number of esters is 1. The van der Waals surface area contributed by atoms with Crippen LogP contribution in [0.15, 0.2) is 0 Å². The number of aliphatic carboxylic acids is 1. The fourth-order valence-electron chi connectivity index (χ4n) is 2.43. The highest BCUT2D eigenvalue weighted by atomic mass is 16.5. The van der Waals surface area contributed by atoms with E-state index in [-0.39, 0.29) is 24.7 Å². The molecule has 1 atom stereocenters. The third-order valence-electron chi connectivity index (χ3n) is 3.52. The van der Waals surface area contributed by atoms with Crippen LogP contribution in [-0.2, 0) is 14.3 Å². The van der Waals surface area contributed by atoms with Gasteiger partial charge in [-0.25, -0.2) is 0 Å². The molecule has 0 aromatic rings. The van der Waals surface area contributed by atoms with Crippen molar-refractivity contribution in [1.82, 2.24) is 4.90 Å². The van der Waals surface area contributed by atoms with Crippen LogP contribution in [0.1, 0.15) is 25.7 Å². The number of hydrogen-bond donors (Lipinski definition) is 1. The summed E-state index contributed by atoms with van der Waals surface area (Å²) in [6.07, 6.45) is 2.21. The molecule has 1 aliphatic heterocycles. The van der Waals surface area contributed by atoms with Crippen LogP contribution in [0.3, 0.4) is 0 Å². The van der Waals surface area contributed by atoms with Gasteiger partial charge in [-0.05, 0) is 44.8 Å². The summed E-state index contributed by atoms with van der Waals surface area (Å²) in [5, 5.41) is 8.89. The Bertz CT molecular complexity index is 272. The second kappa shape index (κ2) is 6.59. The maximum absolute atomic E-state index is 11.3. The Hall–Kier alpha value is -1.10. The van der Waals surface area contributed by atoms with Gasteiger partial charge in [-0.15, -0.1) is 0 Å². The average Bonchev–Trinajstić information content (AvgIpc) is 2.28. The normalized spacial score (nSPS) is 19.9. The van der Waals surface area contributed by atoms with Crippen molar-refractivity contribution in [2.45, 2.75) is 25.7 Å². The van der Waals surface area contributed by atoms with Gasteiger partial charge >= 0.3 is 11.9 Å². The van der Waals surface area contributed by atoms with E-state index in [9.17, 15) is 9.59 Å². The molecule has 1 fully saturated rings. The van der Waals surface area contributed by atoms with Crippen molar-refractivity contribution in [3.63, 3.8) is 0 Å². The van der Waals surface area contributed by atoms with Gasteiger partial charge in [0, 0.05) is 12.8 Å². The molecule has 5 nitrogen and oxygen atoms in total. The first-order chi connectivity index (χ1) is 8.02. The molecule has 98 valence electrons. The van der Waals surface area contributed by atoms with Crippen molar-refractivity contribution in [1.29, 1.82) is 0 Å². The summed E-state index contributed by atoms with van der Waals surface area (Å²) in [4.78, 5) is 24.3. The minimum absolute atomic E-state index is 0.0590. The van der Waals surface area contributed by atoms with Gasteiger partial charge in [-0.2, -0.15) is 0 Å². The number of likely N-dealkylation sites (tertiary alicyclic amines) is 1. The number of piperidine rings is 1. The highest BCUT2D eigenvalue weighted by molar-refractivity contribution is 5.72. The van der Waals surface area contributed by atoms with Crippen LogP contribution < -0.4 is 0 Å². The largest absolute Gasteiger partial charge is 0.481 e. The third kappa shape index (κ3) is 4.73. The molecule has 5 heteroatoms. The molecule has 0 amide bonds. The lowest BCUT2D eigenvalue weighted by Crippen LogP contribution is -2.34. The topological polar surface area (TPSA) is 66.8 Å². The minimum atomic E-state index is -0.835. The molecule has 0 spiro atoms. The standard InChI is InChI=1S/C12H21NO4/c1-13-5-3-9(4-6-13)10(7-11(14)15)8-12(16)17-2/h9-10H,3-8H2,1-2H3,(H,14,15). The first-order valence-electron chi connectivity index (χ1n) is 6.00. The predicted octanol–water partition coefficient (Wildman–Crippen LogP) is 0.982. The fourth-order valence-corrected chi connectivity index (χ4v) is 2.43. The Balaban J connectivity index is 2.55. The van der Waals surface area contributed by atoms with E-state index in [4.69, 9.17) is 5.11 Å². The van der Waals surface area contributed by atoms with Gasteiger partial charge in [0.15, 0.2) is 0 Å². The van der Waals surface area contributed by atoms with Gasteiger partial charge in [0.05, 0.1) is 7.11 Å². The van der Waals surface area contributed by atoms with Crippen LogP contribution in [0.25, 0.3) is 0 Å². The quantitative estimate of drug-likeness (QED) is 0.729. The molecule has 0 aliphatic carbocycles. The molecule has 1 heterocycles. The summed E-state index contributed by atoms with van der Waals surface area (Å²) < 4.78 is 4.63. The van der Waals surface area contributed by atoms with Crippen LogP contribution in [0.5, 0.6) is 0 Å². The van der Waals surface area contributed by atoms with E-state index in [1.165, 1.54) is 7.11 Å². The number of rotatable bonds is 5. The number of hydrogen-bond acceptors (Lipinski definition) is 4. The van der Waals surface area contributed by atoms with Crippen molar-refractivity contribution in [2.75, 3.05) is 27.2 Å². The zero-order chi connectivity index (χ0) is 12.8. The van der Waals surface area contributed by atoms with Crippen LogP contribution in [0.2, 0.25) is 0 Å². The van der Waals surface area contributed by atoms with E-state index in [1.807, 2.05) is 0 Å². The lowest BCUT2D eigenvalue weighted by Gasteiger charge is -2.33. The number of carboxylic acids is 1. The predicted molar refractivity (Wildman–Crippen MR) is 62.6 cm³/mol. The number of nitrogens with zero attached hydrogens (tertiary/aromatic N) is 1. The Kier molecular flexibility index (Phi) is 5.41. The lowest BCUT2D eigenvalue weighted by atomic mass is 9.80. The molecular formula is C12H21NO4. The van der Waals surface area contributed by atoms with E-state index in [2.05, 4.69) is 16.7 Å². The van der Waals surface area contributed by atoms with Crippen molar-refractivity contribution in [2.24, 2.45) is 11.8 Å². The number of ether oxygens (including phenoxy) is 1. The zero-order valence-electron chi connectivity index (χ0n) is 10.5. The molecule has 0 aromatic heterocycles. The summed E-state index contributed by atoms with van der Waals surface area (Å²) in [6.45, 7) is 1.95. The minimum Gasteiger partial charge on any atom is -0.481 e. The van der Waals surface area contributed by atoms with E-state index >= 15 is 0 Å². The van der Waals surface area contributed by atoms with Crippen molar-refractivity contribution in [3.05, 3.63) is 0 Å². The summed E-state index contributed by atoms with van der Waals surface area (Å²) in [6, 6.07) is 0. The molecule has 0 radical (unpaired) electrons. The summed E-state index contributed by atoms with van der Waals surface area (Å²) >= 11 is 0.